The number of ether oxygens (including phenoxy) is 1. The number of aryl methyl sites for hydroxylation is 1. The average molecular weight is 423 g/mol. The second-order valence-electron chi connectivity index (χ2n) is 7.85. The minimum absolute atomic E-state index is 0.115. The van der Waals surface area contributed by atoms with E-state index in [1.807, 2.05) is 45.2 Å². The summed E-state index contributed by atoms with van der Waals surface area (Å²) < 4.78 is 4.91. The number of hydrogen-bond acceptors (Lipinski definition) is 5. The van der Waals surface area contributed by atoms with E-state index in [0.717, 1.165) is 47.8 Å². The number of anilines is 1. The van der Waals surface area contributed by atoms with Crippen molar-refractivity contribution < 1.29 is 9.53 Å². The van der Waals surface area contributed by atoms with E-state index in [2.05, 4.69) is 38.6 Å². The molecule has 0 saturated carbocycles. The molecule has 0 aromatic heterocycles. The molecule has 0 saturated heterocycles. The minimum atomic E-state index is -0.371. The maximum Gasteiger partial charge on any atom is 0.300 e. The van der Waals surface area contributed by atoms with Gasteiger partial charge in [-0.2, -0.15) is 5.10 Å². The topological polar surface area (TPSA) is 66.3 Å². The van der Waals surface area contributed by atoms with Gasteiger partial charge in [0.1, 0.15) is 11.6 Å². The number of carbonyl (C=O) groups is 1. The Hall–Kier alpha value is -2.80. The highest BCUT2D eigenvalue weighted by Gasteiger charge is 2.34. The van der Waals surface area contributed by atoms with Crippen molar-refractivity contribution in [3.63, 3.8) is 0 Å². The number of amidine groups is 1. The zero-order valence-corrected chi connectivity index (χ0v) is 18.5. The number of nitrogens with zero attached hydrogens (tertiary/aromatic N) is 3. The number of methoxy groups -OCH3 is 1. The van der Waals surface area contributed by atoms with Gasteiger partial charge in [0, 0.05) is 24.8 Å². The van der Waals surface area contributed by atoms with Crippen LogP contribution in [0.15, 0.2) is 52.6 Å². The van der Waals surface area contributed by atoms with E-state index in [1.165, 1.54) is 23.0 Å². The predicted molar refractivity (Wildman–Crippen MR) is 124 cm³/mol. The molecule has 0 unspecified atom stereocenters. The lowest BCUT2D eigenvalue weighted by Crippen LogP contribution is -2.39. The molecule has 0 atom stereocenters. The fourth-order valence-electron chi connectivity index (χ4n) is 4.06. The lowest BCUT2D eigenvalue weighted by atomic mass is 9.93. The van der Waals surface area contributed by atoms with E-state index in [9.17, 15) is 4.79 Å². The maximum absolute atomic E-state index is 11.7. The van der Waals surface area contributed by atoms with Gasteiger partial charge in [0.25, 0.3) is 5.24 Å². The number of rotatable bonds is 3. The standard InChI is InChI=1S/C23H26N4O2S/c1-23(2)20(25-26-22(28)30-23)17-9-12-19-16(14-17)6-5-13-27(19)21(24-3)15-7-10-18(29-4)11-8-15/h7-12,14H,5-6,13H2,1-4H3,(H,26,28). The number of hydrazone groups is 1. The first-order valence-corrected chi connectivity index (χ1v) is 10.8. The van der Waals surface area contributed by atoms with E-state index < -0.39 is 0 Å². The van der Waals surface area contributed by atoms with E-state index >= 15 is 0 Å². The van der Waals surface area contributed by atoms with E-state index in [4.69, 9.17) is 4.74 Å². The van der Waals surface area contributed by atoms with Gasteiger partial charge in [-0.15, -0.1) is 0 Å². The van der Waals surface area contributed by atoms with Gasteiger partial charge in [-0.05, 0) is 74.2 Å². The largest absolute Gasteiger partial charge is 0.497 e. The van der Waals surface area contributed by atoms with Crippen molar-refractivity contribution in [3.05, 3.63) is 59.2 Å². The predicted octanol–water partition coefficient (Wildman–Crippen LogP) is 4.46. The molecule has 2 aromatic carbocycles. The number of thioether (sulfide) groups is 1. The summed E-state index contributed by atoms with van der Waals surface area (Å²) in [6.45, 7) is 4.99. The van der Waals surface area contributed by atoms with Gasteiger partial charge in [0.05, 0.1) is 17.6 Å². The van der Waals surface area contributed by atoms with Gasteiger partial charge in [0.2, 0.25) is 0 Å². The van der Waals surface area contributed by atoms with E-state index in [0.29, 0.717) is 0 Å². The molecule has 0 aliphatic carbocycles. The van der Waals surface area contributed by atoms with Gasteiger partial charge in [-0.25, -0.2) is 5.43 Å². The lowest BCUT2D eigenvalue weighted by Gasteiger charge is -2.34. The van der Waals surface area contributed by atoms with Crippen LogP contribution in [0.25, 0.3) is 0 Å². The Bertz CT molecular complexity index is 1030. The molecular weight excluding hydrogens is 396 g/mol. The third kappa shape index (κ3) is 3.81. The summed E-state index contributed by atoms with van der Waals surface area (Å²) in [6, 6.07) is 14.5. The first-order valence-electron chi connectivity index (χ1n) is 10.0. The normalized spacial score (nSPS) is 18.4. The average Bonchev–Trinajstić information content (AvgIpc) is 2.74. The zero-order valence-electron chi connectivity index (χ0n) is 17.7. The van der Waals surface area contributed by atoms with Crippen molar-refractivity contribution in [1.82, 2.24) is 5.43 Å². The summed E-state index contributed by atoms with van der Waals surface area (Å²) in [5.74, 6) is 1.78. The van der Waals surface area contributed by atoms with Crippen LogP contribution >= 0.6 is 11.8 Å². The minimum Gasteiger partial charge on any atom is -0.497 e. The summed E-state index contributed by atoms with van der Waals surface area (Å²) in [6.07, 6.45) is 2.06. The van der Waals surface area contributed by atoms with Crippen molar-refractivity contribution in [2.75, 3.05) is 25.6 Å². The summed E-state index contributed by atoms with van der Waals surface area (Å²) in [4.78, 5) is 18.6. The highest BCUT2D eigenvalue weighted by Crippen LogP contribution is 2.35. The van der Waals surface area contributed by atoms with Crippen LogP contribution in [-0.2, 0) is 6.42 Å². The Morgan fingerprint density at radius 3 is 2.67 bits per heavy atom. The van der Waals surface area contributed by atoms with Crippen LogP contribution in [-0.4, -0.2) is 42.2 Å². The third-order valence-electron chi connectivity index (χ3n) is 5.46. The maximum atomic E-state index is 11.7. The van der Waals surface area contributed by atoms with E-state index in [1.54, 1.807) is 7.11 Å². The van der Waals surface area contributed by atoms with Crippen LogP contribution in [0.5, 0.6) is 5.75 Å². The Morgan fingerprint density at radius 2 is 2.00 bits per heavy atom. The van der Waals surface area contributed by atoms with Gasteiger partial charge >= 0.3 is 0 Å². The van der Waals surface area contributed by atoms with Crippen LogP contribution in [0.2, 0.25) is 0 Å². The molecule has 0 fully saturated rings. The van der Waals surface area contributed by atoms with Crippen LogP contribution in [0.4, 0.5) is 10.5 Å². The number of nitrogens with one attached hydrogen (secondary N) is 1. The molecule has 4 rings (SSSR count). The van der Waals surface area contributed by atoms with Gasteiger partial charge in [0.15, 0.2) is 0 Å². The number of benzene rings is 2. The molecule has 2 aliphatic rings. The van der Waals surface area contributed by atoms with Crippen LogP contribution in [0, 0.1) is 0 Å². The number of hydrogen-bond donors (Lipinski definition) is 1. The second-order valence-corrected chi connectivity index (χ2v) is 9.44. The smallest absolute Gasteiger partial charge is 0.300 e. The van der Waals surface area contributed by atoms with Crippen molar-refractivity contribution in [2.24, 2.45) is 10.1 Å². The van der Waals surface area contributed by atoms with Gasteiger partial charge < -0.3 is 9.64 Å². The Labute approximate surface area is 181 Å². The molecule has 30 heavy (non-hydrogen) atoms. The van der Waals surface area contributed by atoms with Crippen molar-refractivity contribution in [2.45, 2.75) is 31.4 Å². The molecule has 2 aromatic rings. The molecule has 1 N–H and O–H groups in total. The molecule has 2 heterocycles. The molecular formula is C23H26N4O2S. The number of aliphatic imine (C=N–C) groups is 1. The van der Waals surface area contributed by atoms with Gasteiger partial charge in [-0.1, -0.05) is 17.8 Å². The number of carbonyl (C=O) groups excluding carboxylic acids is 1. The van der Waals surface area contributed by atoms with Crippen molar-refractivity contribution in [1.29, 1.82) is 0 Å². The molecule has 6 nitrogen and oxygen atoms in total. The van der Waals surface area contributed by atoms with Gasteiger partial charge in [-0.3, -0.25) is 9.79 Å². The monoisotopic (exact) mass is 422 g/mol. The summed E-state index contributed by atoms with van der Waals surface area (Å²) in [5.41, 5.74) is 8.06. The zero-order chi connectivity index (χ0) is 21.3. The fraction of sp³-hybridized carbons (Fsp3) is 0.348. The Morgan fingerprint density at radius 1 is 1.23 bits per heavy atom. The fourth-order valence-corrected chi connectivity index (χ4v) is 4.88. The SMILES string of the molecule is CN=C(c1ccc(OC)cc1)N1CCCc2cc(C3=NNC(=O)SC3(C)C)ccc21. The quantitative estimate of drug-likeness (QED) is 0.586. The van der Waals surface area contributed by atoms with Crippen LogP contribution in [0.3, 0.4) is 0 Å². The molecule has 156 valence electrons. The molecule has 0 radical (unpaired) electrons. The lowest BCUT2D eigenvalue weighted by molar-refractivity contribution is 0.260. The molecule has 1 amide bonds. The van der Waals surface area contributed by atoms with E-state index in [-0.39, 0.29) is 9.99 Å². The number of fused-ring (bicyclic) bond motifs is 1. The highest BCUT2D eigenvalue weighted by molar-refractivity contribution is 8.15. The molecule has 2 aliphatic heterocycles. The molecule has 0 spiro atoms. The van der Waals surface area contributed by atoms with Crippen LogP contribution in [0.1, 0.15) is 37.0 Å². The summed E-state index contributed by atoms with van der Waals surface area (Å²) >= 11 is 1.27. The summed E-state index contributed by atoms with van der Waals surface area (Å²) in [7, 11) is 3.51. The Kier molecular flexibility index (Phi) is 5.56. The second kappa shape index (κ2) is 8.14. The molecule has 0 bridgehead atoms. The Balaban J connectivity index is 1.69. The first kappa shape index (κ1) is 20.5. The highest BCUT2D eigenvalue weighted by atomic mass is 32.2. The first-order chi connectivity index (χ1) is 14.4. The third-order valence-corrected chi connectivity index (χ3v) is 6.44. The van der Waals surface area contributed by atoms with Crippen molar-refractivity contribution >= 4 is 34.2 Å². The molecule has 7 heteroatoms. The van der Waals surface area contributed by atoms with Crippen molar-refractivity contribution in [3.8, 4) is 5.75 Å². The summed E-state index contributed by atoms with van der Waals surface area (Å²) in [5, 5.41) is 4.25. The number of amides is 1. The van der Waals surface area contributed by atoms with Crippen LogP contribution < -0.4 is 15.1 Å².